The first-order valence-corrected chi connectivity index (χ1v) is 7.51. The average molecular weight is 289 g/mol. The monoisotopic (exact) mass is 289 g/mol. The summed E-state index contributed by atoms with van der Waals surface area (Å²) in [5, 5.41) is 2.82. The zero-order valence-corrected chi connectivity index (χ0v) is 12.5. The molecule has 5 heteroatoms. The molecular formula is C16H23N3O2. The molecule has 0 spiro atoms. The first kappa shape index (κ1) is 15.4. The van der Waals surface area contributed by atoms with Crippen molar-refractivity contribution in [2.45, 2.75) is 32.6 Å². The Labute approximate surface area is 125 Å². The molecule has 0 bridgehead atoms. The fraction of sp³-hybridized carbons (Fsp3) is 0.500. The fourth-order valence-electron chi connectivity index (χ4n) is 2.61. The minimum atomic E-state index is -0.0423. The van der Waals surface area contributed by atoms with E-state index in [0.29, 0.717) is 43.1 Å². The Morgan fingerprint density at radius 2 is 2.29 bits per heavy atom. The summed E-state index contributed by atoms with van der Waals surface area (Å²) in [6.07, 6.45) is 2.80. The van der Waals surface area contributed by atoms with Crippen LogP contribution in [0.15, 0.2) is 24.3 Å². The molecule has 1 saturated heterocycles. The minimum Gasteiger partial charge on any atom is -0.399 e. The molecule has 0 saturated carbocycles. The van der Waals surface area contributed by atoms with Gasteiger partial charge in [0.1, 0.15) is 0 Å². The van der Waals surface area contributed by atoms with Gasteiger partial charge >= 0.3 is 0 Å². The van der Waals surface area contributed by atoms with Crippen LogP contribution in [0, 0.1) is 5.92 Å². The molecule has 1 aliphatic heterocycles. The number of likely N-dealkylation sites (tertiary alicyclic amines) is 1. The first-order chi connectivity index (χ1) is 10.1. The van der Waals surface area contributed by atoms with Gasteiger partial charge in [0, 0.05) is 37.3 Å². The van der Waals surface area contributed by atoms with Gasteiger partial charge in [0.05, 0.1) is 0 Å². The fourth-order valence-corrected chi connectivity index (χ4v) is 2.61. The summed E-state index contributed by atoms with van der Waals surface area (Å²) in [6, 6.07) is 7.12. The van der Waals surface area contributed by atoms with Gasteiger partial charge in [0.2, 0.25) is 11.8 Å². The zero-order valence-electron chi connectivity index (χ0n) is 12.5. The summed E-state index contributed by atoms with van der Waals surface area (Å²) >= 11 is 0. The van der Waals surface area contributed by atoms with Crippen LogP contribution in [0.5, 0.6) is 0 Å². The molecule has 1 fully saturated rings. The van der Waals surface area contributed by atoms with Crippen molar-refractivity contribution in [2.24, 2.45) is 5.92 Å². The van der Waals surface area contributed by atoms with Gasteiger partial charge in [-0.1, -0.05) is 19.4 Å². The number of nitrogens with one attached hydrogen (secondary N) is 1. The van der Waals surface area contributed by atoms with E-state index in [0.717, 1.165) is 13.0 Å². The van der Waals surface area contributed by atoms with Crippen molar-refractivity contribution in [3.05, 3.63) is 24.3 Å². The molecule has 2 amide bonds. The van der Waals surface area contributed by atoms with Crippen molar-refractivity contribution in [2.75, 3.05) is 24.1 Å². The second-order valence-electron chi connectivity index (χ2n) is 5.60. The summed E-state index contributed by atoms with van der Waals surface area (Å²) in [4.78, 5) is 25.5. The molecule has 5 nitrogen and oxygen atoms in total. The number of nitrogens with zero attached hydrogens (tertiary/aromatic N) is 1. The molecular weight excluding hydrogens is 266 g/mol. The molecule has 114 valence electrons. The molecule has 1 atom stereocenters. The highest BCUT2D eigenvalue weighted by atomic mass is 16.2. The van der Waals surface area contributed by atoms with E-state index in [1.807, 2.05) is 11.0 Å². The van der Waals surface area contributed by atoms with Crippen LogP contribution in [0.2, 0.25) is 0 Å². The van der Waals surface area contributed by atoms with Gasteiger partial charge in [-0.25, -0.2) is 0 Å². The topological polar surface area (TPSA) is 75.4 Å². The molecule has 1 aromatic rings. The highest BCUT2D eigenvalue weighted by Gasteiger charge is 2.27. The normalized spacial score (nSPS) is 18.0. The van der Waals surface area contributed by atoms with Gasteiger partial charge < -0.3 is 16.0 Å². The van der Waals surface area contributed by atoms with Crippen LogP contribution < -0.4 is 11.1 Å². The number of carbonyl (C=O) groups excluding carboxylic acids is 2. The van der Waals surface area contributed by atoms with Gasteiger partial charge in [-0.15, -0.1) is 0 Å². The van der Waals surface area contributed by atoms with E-state index in [1.165, 1.54) is 0 Å². The molecule has 0 aliphatic carbocycles. The summed E-state index contributed by atoms with van der Waals surface area (Å²) in [7, 11) is 0. The molecule has 1 aromatic carbocycles. The Balaban J connectivity index is 1.71. The maximum absolute atomic E-state index is 11.8. The van der Waals surface area contributed by atoms with Crippen molar-refractivity contribution in [3.63, 3.8) is 0 Å². The highest BCUT2D eigenvalue weighted by molar-refractivity contribution is 5.91. The van der Waals surface area contributed by atoms with E-state index in [9.17, 15) is 9.59 Å². The highest BCUT2D eigenvalue weighted by Crippen LogP contribution is 2.20. The second-order valence-corrected chi connectivity index (χ2v) is 5.60. The summed E-state index contributed by atoms with van der Waals surface area (Å²) in [5.74, 6) is 0.663. The average Bonchev–Trinajstić information content (AvgIpc) is 2.79. The predicted molar refractivity (Wildman–Crippen MR) is 83.7 cm³/mol. The number of nitrogens with two attached hydrogens (primary N) is 1. The van der Waals surface area contributed by atoms with Gasteiger partial charge in [-0.05, 0) is 30.5 Å². The summed E-state index contributed by atoms with van der Waals surface area (Å²) in [6.45, 7) is 3.62. The van der Waals surface area contributed by atoms with E-state index in [-0.39, 0.29) is 11.8 Å². The van der Waals surface area contributed by atoms with Gasteiger partial charge in [0.25, 0.3) is 0 Å². The van der Waals surface area contributed by atoms with Crippen molar-refractivity contribution in [3.8, 4) is 0 Å². The van der Waals surface area contributed by atoms with Crippen LogP contribution in [0.4, 0.5) is 11.4 Å². The number of amides is 2. The standard InChI is InChI=1S/C16H23N3O2/c1-2-12-9-16(21)19(11-12)8-4-7-15(20)18-14-6-3-5-13(17)10-14/h3,5-6,10,12H,2,4,7-9,11,17H2,1H3,(H,18,20). The van der Waals surface area contributed by atoms with E-state index in [1.54, 1.807) is 18.2 Å². The third kappa shape index (κ3) is 4.48. The number of nitrogen functional groups attached to an aromatic ring is 1. The molecule has 1 aliphatic rings. The van der Waals surface area contributed by atoms with Crippen molar-refractivity contribution in [1.29, 1.82) is 0 Å². The van der Waals surface area contributed by atoms with Crippen LogP contribution in [0.25, 0.3) is 0 Å². The molecule has 2 rings (SSSR count). The Hall–Kier alpha value is -2.04. The van der Waals surface area contributed by atoms with Crippen LogP contribution in [-0.2, 0) is 9.59 Å². The maximum atomic E-state index is 11.8. The number of hydrogen-bond donors (Lipinski definition) is 2. The van der Waals surface area contributed by atoms with Crippen molar-refractivity contribution < 1.29 is 9.59 Å². The number of carbonyl (C=O) groups is 2. The number of anilines is 2. The number of benzene rings is 1. The Bertz CT molecular complexity index is 516. The Morgan fingerprint density at radius 3 is 2.95 bits per heavy atom. The number of rotatable bonds is 6. The molecule has 3 N–H and O–H groups in total. The lowest BCUT2D eigenvalue weighted by atomic mass is 10.1. The van der Waals surface area contributed by atoms with E-state index in [2.05, 4.69) is 12.2 Å². The predicted octanol–water partition coefficient (Wildman–Crippen LogP) is 2.25. The lowest BCUT2D eigenvalue weighted by Crippen LogP contribution is -2.27. The van der Waals surface area contributed by atoms with E-state index in [4.69, 9.17) is 5.73 Å². The SMILES string of the molecule is CCC1CC(=O)N(CCCC(=O)Nc2cccc(N)c2)C1. The summed E-state index contributed by atoms with van der Waals surface area (Å²) < 4.78 is 0. The van der Waals surface area contributed by atoms with Crippen LogP contribution >= 0.6 is 0 Å². The van der Waals surface area contributed by atoms with Crippen molar-refractivity contribution >= 4 is 23.2 Å². The van der Waals surface area contributed by atoms with Gasteiger partial charge in [-0.3, -0.25) is 9.59 Å². The first-order valence-electron chi connectivity index (χ1n) is 7.51. The zero-order chi connectivity index (χ0) is 15.2. The number of hydrogen-bond acceptors (Lipinski definition) is 3. The van der Waals surface area contributed by atoms with Gasteiger partial charge in [-0.2, -0.15) is 0 Å². The second kappa shape index (κ2) is 7.11. The maximum Gasteiger partial charge on any atom is 0.224 e. The third-order valence-electron chi connectivity index (χ3n) is 3.87. The van der Waals surface area contributed by atoms with E-state index < -0.39 is 0 Å². The molecule has 0 aromatic heterocycles. The van der Waals surface area contributed by atoms with Crippen molar-refractivity contribution in [1.82, 2.24) is 4.90 Å². The Morgan fingerprint density at radius 1 is 1.48 bits per heavy atom. The largest absolute Gasteiger partial charge is 0.399 e. The van der Waals surface area contributed by atoms with E-state index >= 15 is 0 Å². The lowest BCUT2D eigenvalue weighted by Gasteiger charge is -2.16. The van der Waals surface area contributed by atoms with Gasteiger partial charge in [0.15, 0.2) is 0 Å². The van der Waals surface area contributed by atoms with Crippen LogP contribution in [0.1, 0.15) is 32.6 Å². The molecule has 21 heavy (non-hydrogen) atoms. The lowest BCUT2D eigenvalue weighted by molar-refractivity contribution is -0.128. The smallest absolute Gasteiger partial charge is 0.224 e. The van der Waals surface area contributed by atoms with Crippen LogP contribution in [-0.4, -0.2) is 29.8 Å². The minimum absolute atomic E-state index is 0.0423. The molecule has 0 radical (unpaired) electrons. The molecule has 1 heterocycles. The quantitative estimate of drug-likeness (QED) is 0.789. The third-order valence-corrected chi connectivity index (χ3v) is 3.87. The Kier molecular flexibility index (Phi) is 5.20. The molecule has 1 unspecified atom stereocenters. The van der Waals surface area contributed by atoms with Crippen LogP contribution in [0.3, 0.4) is 0 Å². The summed E-state index contributed by atoms with van der Waals surface area (Å²) in [5.41, 5.74) is 7.00.